The van der Waals surface area contributed by atoms with Crippen LogP contribution in [0.5, 0.6) is 0 Å². The van der Waals surface area contributed by atoms with Gasteiger partial charge in [0.2, 0.25) is 0 Å². The molecule has 5 atom stereocenters. The first-order chi connectivity index (χ1) is 15.8. The van der Waals surface area contributed by atoms with Crippen LogP contribution in [0.15, 0.2) is 48.5 Å². The molecule has 2 saturated carbocycles. The van der Waals surface area contributed by atoms with Crippen molar-refractivity contribution in [1.82, 2.24) is 10.0 Å². The predicted molar refractivity (Wildman–Crippen MR) is 123 cm³/mol. The molecular weight excluding hydrogens is 463 g/mol. The summed E-state index contributed by atoms with van der Waals surface area (Å²) < 4.78 is 0. The second kappa shape index (κ2) is 8.26. The Morgan fingerprint density at radius 3 is 2.15 bits per heavy atom. The molecule has 2 aromatic carbocycles. The number of fused-ring (bicyclic) bond motifs is 5. The molecule has 33 heavy (non-hydrogen) atoms. The first kappa shape index (κ1) is 22.1. The fraction of sp³-hybridized carbons (Fsp3) is 0.360. The lowest BCUT2D eigenvalue weighted by Crippen LogP contribution is -2.57. The second-order valence-electron chi connectivity index (χ2n) is 9.05. The van der Waals surface area contributed by atoms with Crippen molar-refractivity contribution in [3.63, 3.8) is 0 Å². The van der Waals surface area contributed by atoms with Crippen molar-refractivity contribution in [2.45, 2.75) is 32.2 Å². The zero-order valence-corrected chi connectivity index (χ0v) is 19.4. The van der Waals surface area contributed by atoms with Gasteiger partial charge in [0.15, 0.2) is 5.78 Å². The van der Waals surface area contributed by atoms with Gasteiger partial charge >= 0.3 is 0 Å². The molecule has 0 spiro atoms. The normalized spacial score (nSPS) is 26.5. The Balaban J connectivity index is 1.57. The second-order valence-corrected chi connectivity index (χ2v) is 9.90. The van der Waals surface area contributed by atoms with E-state index in [4.69, 9.17) is 23.2 Å². The summed E-state index contributed by atoms with van der Waals surface area (Å²) in [6, 6.07) is 11.8. The number of amides is 3. The van der Waals surface area contributed by atoms with E-state index in [-0.39, 0.29) is 28.2 Å². The summed E-state index contributed by atoms with van der Waals surface area (Å²) in [7, 11) is 0. The molecule has 1 aliphatic heterocycles. The number of rotatable bonds is 5. The Morgan fingerprint density at radius 1 is 0.970 bits per heavy atom. The van der Waals surface area contributed by atoms with Gasteiger partial charge in [-0.05, 0) is 56.2 Å². The van der Waals surface area contributed by atoms with Gasteiger partial charge in [-0.15, -0.1) is 0 Å². The summed E-state index contributed by atoms with van der Waals surface area (Å²) in [6.45, 7) is 1.53. The minimum absolute atomic E-state index is 0.0643. The van der Waals surface area contributed by atoms with Gasteiger partial charge in [0.05, 0.1) is 22.4 Å². The average molecular weight is 485 g/mol. The Labute approximate surface area is 201 Å². The topological polar surface area (TPSA) is 74.8 Å². The zero-order chi connectivity index (χ0) is 23.4. The number of hydrogen-bond donors (Lipinski definition) is 0. The Hall–Kier alpha value is -2.70. The van der Waals surface area contributed by atoms with E-state index in [1.165, 1.54) is 25.1 Å². The van der Waals surface area contributed by atoms with E-state index >= 15 is 0 Å². The summed E-state index contributed by atoms with van der Waals surface area (Å²) >= 11 is 12.3. The predicted octanol–water partition coefficient (Wildman–Crippen LogP) is 4.65. The highest BCUT2D eigenvalue weighted by Crippen LogP contribution is 2.56. The molecule has 1 heterocycles. The Kier molecular flexibility index (Phi) is 5.53. The molecule has 6 nitrogen and oxygen atoms in total. The number of ketones is 1. The fourth-order valence-corrected chi connectivity index (χ4v) is 6.28. The molecule has 2 aliphatic carbocycles. The summed E-state index contributed by atoms with van der Waals surface area (Å²) in [6.07, 6.45) is 2.69. The van der Waals surface area contributed by atoms with Crippen LogP contribution in [-0.4, -0.2) is 39.6 Å². The number of hydrogen-bond acceptors (Lipinski definition) is 4. The van der Waals surface area contributed by atoms with Crippen molar-refractivity contribution in [3.05, 3.63) is 69.7 Å². The summed E-state index contributed by atoms with van der Waals surface area (Å²) in [4.78, 5) is 54.1. The van der Waals surface area contributed by atoms with Crippen molar-refractivity contribution >= 4 is 46.7 Å². The van der Waals surface area contributed by atoms with Crippen LogP contribution >= 0.6 is 23.2 Å². The standard InChI is InChI=1S/C25H22Cl2N2O4/c1-13(22(30)14-5-3-2-4-6-14)28(23(31)18-10-9-17(26)12-19(18)27)29-24(32)20-15-7-8-16(11-15)21(20)25(29)33/h2-6,9-10,12-13,15-16,20-21H,7-8,11H2,1H3/t13-,15+,16+,20-,21-/m1/s1. The van der Waals surface area contributed by atoms with E-state index in [9.17, 15) is 19.2 Å². The van der Waals surface area contributed by atoms with Crippen LogP contribution in [0.2, 0.25) is 10.0 Å². The summed E-state index contributed by atoms with van der Waals surface area (Å²) in [5.74, 6) is -2.42. The lowest BCUT2D eigenvalue weighted by Gasteiger charge is -2.35. The van der Waals surface area contributed by atoms with E-state index in [0.29, 0.717) is 10.6 Å². The number of carbonyl (C=O) groups excluding carboxylic acids is 4. The number of nitrogens with zero attached hydrogens (tertiary/aromatic N) is 2. The molecule has 0 N–H and O–H groups in total. The van der Waals surface area contributed by atoms with Crippen LogP contribution in [0.3, 0.4) is 0 Å². The van der Waals surface area contributed by atoms with Crippen LogP contribution in [0.1, 0.15) is 46.9 Å². The molecule has 170 valence electrons. The number of halogens is 2. The molecular formula is C25H22Cl2N2O4. The molecule has 2 aromatic rings. The van der Waals surface area contributed by atoms with Crippen molar-refractivity contribution in [3.8, 4) is 0 Å². The minimum Gasteiger partial charge on any atom is -0.292 e. The highest BCUT2D eigenvalue weighted by molar-refractivity contribution is 6.36. The monoisotopic (exact) mass is 484 g/mol. The Bertz CT molecular complexity index is 1140. The third-order valence-corrected chi connectivity index (χ3v) is 7.84. The molecule has 3 aliphatic rings. The van der Waals surface area contributed by atoms with Gasteiger partial charge < -0.3 is 0 Å². The molecule has 0 aromatic heterocycles. The molecule has 0 unspecified atom stereocenters. The van der Waals surface area contributed by atoms with Crippen molar-refractivity contribution in [2.75, 3.05) is 0 Å². The van der Waals surface area contributed by atoms with Gasteiger partial charge in [0, 0.05) is 10.6 Å². The average Bonchev–Trinajstić information content (AvgIpc) is 3.49. The maximum Gasteiger partial charge on any atom is 0.275 e. The number of hydrazine groups is 1. The van der Waals surface area contributed by atoms with Gasteiger partial charge in [-0.25, -0.2) is 5.01 Å². The number of benzene rings is 2. The van der Waals surface area contributed by atoms with Crippen molar-refractivity contribution in [2.24, 2.45) is 23.7 Å². The van der Waals surface area contributed by atoms with E-state index in [1.807, 2.05) is 0 Å². The van der Waals surface area contributed by atoms with Crippen LogP contribution < -0.4 is 0 Å². The first-order valence-electron chi connectivity index (χ1n) is 11.0. The van der Waals surface area contributed by atoms with E-state index < -0.39 is 35.6 Å². The third-order valence-electron chi connectivity index (χ3n) is 7.29. The molecule has 1 saturated heterocycles. The quantitative estimate of drug-likeness (QED) is 0.457. The van der Waals surface area contributed by atoms with Crippen LogP contribution in [0.4, 0.5) is 0 Å². The maximum absolute atomic E-state index is 13.7. The Morgan fingerprint density at radius 2 is 1.58 bits per heavy atom. The van der Waals surface area contributed by atoms with Crippen molar-refractivity contribution in [1.29, 1.82) is 0 Å². The van der Waals surface area contributed by atoms with E-state index in [2.05, 4.69) is 0 Å². The largest absolute Gasteiger partial charge is 0.292 e. The number of imide groups is 1. The SMILES string of the molecule is C[C@H](C(=O)c1ccccc1)N(C(=O)c1ccc(Cl)cc1Cl)N1C(=O)[C@@H]2[C@H]3CC[C@@H](C3)[C@H]2C1=O. The minimum atomic E-state index is -1.10. The fourth-order valence-electron chi connectivity index (χ4n) is 5.79. The summed E-state index contributed by atoms with van der Waals surface area (Å²) in [5, 5.41) is 2.36. The van der Waals surface area contributed by atoms with Crippen molar-refractivity contribution < 1.29 is 19.2 Å². The smallest absolute Gasteiger partial charge is 0.275 e. The number of carbonyl (C=O) groups is 4. The molecule has 0 radical (unpaired) electrons. The summed E-state index contributed by atoms with van der Waals surface area (Å²) in [5.41, 5.74) is 0.443. The molecule has 8 heteroatoms. The lowest BCUT2D eigenvalue weighted by molar-refractivity contribution is -0.157. The van der Waals surface area contributed by atoms with Crippen LogP contribution in [0.25, 0.3) is 0 Å². The van der Waals surface area contributed by atoms with E-state index in [1.54, 1.807) is 30.3 Å². The van der Waals surface area contributed by atoms with Gasteiger partial charge in [-0.3, -0.25) is 19.2 Å². The van der Waals surface area contributed by atoms with Gasteiger partial charge in [-0.2, -0.15) is 5.01 Å². The molecule has 2 bridgehead atoms. The highest BCUT2D eigenvalue weighted by Gasteiger charge is 2.63. The highest BCUT2D eigenvalue weighted by atomic mass is 35.5. The molecule has 3 amide bonds. The number of Topliss-reactive ketones (excluding diaryl/α,β-unsaturated/α-hetero) is 1. The van der Waals surface area contributed by atoms with Gasteiger partial charge in [-0.1, -0.05) is 53.5 Å². The maximum atomic E-state index is 13.7. The molecule has 5 rings (SSSR count). The van der Waals surface area contributed by atoms with Gasteiger partial charge in [0.25, 0.3) is 17.7 Å². The molecule has 3 fully saturated rings. The lowest BCUT2D eigenvalue weighted by atomic mass is 9.81. The van der Waals surface area contributed by atoms with Gasteiger partial charge in [0.1, 0.15) is 6.04 Å². The third kappa shape index (κ3) is 3.47. The van der Waals surface area contributed by atoms with Crippen LogP contribution in [-0.2, 0) is 9.59 Å². The van der Waals surface area contributed by atoms with Crippen LogP contribution in [0, 0.1) is 23.7 Å². The first-order valence-corrected chi connectivity index (χ1v) is 11.8. The van der Waals surface area contributed by atoms with E-state index in [0.717, 1.165) is 29.3 Å². The zero-order valence-electron chi connectivity index (χ0n) is 17.9.